The average molecular weight is 313 g/mol. The van der Waals surface area contributed by atoms with E-state index < -0.39 is 17.3 Å². The van der Waals surface area contributed by atoms with Crippen LogP contribution in [0.15, 0.2) is 47.5 Å². The first-order valence-corrected chi connectivity index (χ1v) is 6.71. The fourth-order valence-electron chi connectivity index (χ4n) is 2.00. The Morgan fingerprint density at radius 2 is 2.09 bits per heavy atom. The SMILES string of the molecule is Cc1cc(NC(=O)c2cc(=O)n(-c3ccc(F)cn3)[nH]2)ccn1. The molecule has 2 N–H and O–H groups in total. The van der Waals surface area contributed by atoms with E-state index in [1.54, 1.807) is 25.3 Å². The summed E-state index contributed by atoms with van der Waals surface area (Å²) in [6.07, 6.45) is 2.56. The number of carbonyl (C=O) groups excluding carboxylic acids is 1. The van der Waals surface area contributed by atoms with Gasteiger partial charge in [-0.1, -0.05) is 0 Å². The lowest BCUT2D eigenvalue weighted by Crippen LogP contribution is -2.15. The number of rotatable bonds is 3. The van der Waals surface area contributed by atoms with Crippen molar-refractivity contribution in [3.05, 3.63) is 70.3 Å². The number of halogens is 1. The number of aryl methyl sites for hydroxylation is 1. The highest BCUT2D eigenvalue weighted by Crippen LogP contribution is 2.09. The molecule has 0 aromatic carbocycles. The normalized spacial score (nSPS) is 10.5. The summed E-state index contributed by atoms with van der Waals surface area (Å²) in [7, 11) is 0. The van der Waals surface area contributed by atoms with E-state index in [4.69, 9.17) is 0 Å². The highest BCUT2D eigenvalue weighted by atomic mass is 19.1. The van der Waals surface area contributed by atoms with Crippen LogP contribution in [-0.4, -0.2) is 25.7 Å². The lowest BCUT2D eigenvalue weighted by atomic mass is 10.3. The second-order valence-corrected chi connectivity index (χ2v) is 4.82. The van der Waals surface area contributed by atoms with Crippen LogP contribution in [0.2, 0.25) is 0 Å². The molecule has 0 spiro atoms. The zero-order valence-corrected chi connectivity index (χ0v) is 12.1. The molecular formula is C15H12FN5O2. The zero-order valence-electron chi connectivity index (χ0n) is 12.1. The average Bonchev–Trinajstić information content (AvgIpc) is 2.90. The molecule has 3 heterocycles. The molecule has 1 amide bonds. The van der Waals surface area contributed by atoms with E-state index >= 15 is 0 Å². The third-order valence-corrected chi connectivity index (χ3v) is 3.06. The minimum Gasteiger partial charge on any atom is -0.321 e. The molecule has 0 atom stereocenters. The first-order chi connectivity index (χ1) is 11.0. The van der Waals surface area contributed by atoms with Gasteiger partial charge < -0.3 is 5.32 Å². The molecule has 0 bridgehead atoms. The van der Waals surface area contributed by atoms with Gasteiger partial charge in [-0.05, 0) is 31.2 Å². The number of amides is 1. The van der Waals surface area contributed by atoms with Gasteiger partial charge in [-0.15, -0.1) is 0 Å². The largest absolute Gasteiger partial charge is 0.321 e. The van der Waals surface area contributed by atoms with Gasteiger partial charge in [0, 0.05) is 23.6 Å². The lowest BCUT2D eigenvalue weighted by Gasteiger charge is -2.04. The second kappa shape index (κ2) is 5.84. The van der Waals surface area contributed by atoms with Gasteiger partial charge in [0.2, 0.25) is 0 Å². The van der Waals surface area contributed by atoms with Crippen molar-refractivity contribution in [3.63, 3.8) is 0 Å². The monoisotopic (exact) mass is 313 g/mol. The number of anilines is 1. The van der Waals surface area contributed by atoms with E-state index in [0.717, 1.165) is 22.6 Å². The summed E-state index contributed by atoms with van der Waals surface area (Å²) in [6, 6.07) is 7.00. The summed E-state index contributed by atoms with van der Waals surface area (Å²) >= 11 is 0. The number of H-pyrrole nitrogens is 1. The van der Waals surface area contributed by atoms with Crippen LogP contribution in [0.5, 0.6) is 0 Å². The number of hydrogen-bond donors (Lipinski definition) is 2. The van der Waals surface area contributed by atoms with Gasteiger partial charge in [0.1, 0.15) is 11.5 Å². The molecule has 3 aromatic heterocycles. The molecule has 23 heavy (non-hydrogen) atoms. The van der Waals surface area contributed by atoms with Crippen molar-refractivity contribution in [2.75, 3.05) is 5.32 Å². The topological polar surface area (TPSA) is 92.7 Å². The predicted octanol–water partition coefficient (Wildman–Crippen LogP) is 1.66. The maximum Gasteiger partial charge on any atom is 0.273 e. The molecule has 8 heteroatoms. The Kier molecular flexibility index (Phi) is 3.71. The van der Waals surface area contributed by atoms with Gasteiger partial charge in [0.05, 0.1) is 6.20 Å². The molecule has 0 radical (unpaired) electrons. The van der Waals surface area contributed by atoms with E-state index in [1.807, 2.05) is 0 Å². The van der Waals surface area contributed by atoms with E-state index in [0.29, 0.717) is 5.69 Å². The Morgan fingerprint density at radius 1 is 1.26 bits per heavy atom. The molecule has 0 aliphatic carbocycles. The number of nitrogens with zero attached hydrogens (tertiary/aromatic N) is 3. The van der Waals surface area contributed by atoms with E-state index in [9.17, 15) is 14.0 Å². The Balaban J connectivity index is 1.87. The van der Waals surface area contributed by atoms with Crippen molar-refractivity contribution in [1.82, 2.24) is 19.7 Å². The zero-order chi connectivity index (χ0) is 16.4. The number of nitrogens with one attached hydrogen (secondary N) is 2. The van der Waals surface area contributed by atoms with Crippen molar-refractivity contribution in [2.45, 2.75) is 6.92 Å². The first kappa shape index (κ1) is 14.6. The lowest BCUT2D eigenvalue weighted by molar-refractivity contribution is 0.102. The maximum atomic E-state index is 12.9. The number of aromatic amines is 1. The molecule has 116 valence electrons. The summed E-state index contributed by atoms with van der Waals surface area (Å²) < 4.78 is 13.9. The number of hydrogen-bond acceptors (Lipinski definition) is 4. The molecule has 0 saturated heterocycles. The second-order valence-electron chi connectivity index (χ2n) is 4.82. The van der Waals surface area contributed by atoms with Gasteiger partial charge in [-0.25, -0.2) is 14.1 Å². The molecule has 0 saturated carbocycles. The molecule has 3 rings (SSSR count). The van der Waals surface area contributed by atoms with Crippen LogP contribution < -0.4 is 10.9 Å². The number of aromatic nitrogens is 4. The molecular weight excluding hydrogens is 301 g/mol. The Bertz CT molecular complexity index is 914. The molecule has 0 unspecified atom stereocenters. The van der Waals surface area contributed by atoms with Gasteiger partial charge >= 0.3 is 0 Å². The first-order valence-electron chi connectivity index (χ1n) is 6.71. The number of pyridine rings is 2. The molecule has 7 nitrogen and oxygen atoms in total. The van der Waals surface area contributed by atoms with Gasteiger partial charge in [-0.2, -0.15) is 0 Å². The smallest absolute Gasteiger partial charge is 0.273 e. The molecule has 0 aliphatic rings. The molecule has 0 aliphatic heterocycles. The fraction of sp³-hybridized carbons (Fsp3) is 0.0667. The molecule has 0 fully saturated rings. The summed E-state index contributed by atoms with van der Waals surface area (Å²) in [5, 5.41) is 5.30. The van der Waals surface area contributed by atoms with Gasteiger partial charge in [-0.3, -0.25) is 19.7 Å². The summed E-state index contributed by atoms with van der Waals surface area (Å²) in [5.41, 5.74) is 0.913. The van der Waals surface area contributed by atoms with E-state index in [-0.39, 0.29) is 11.5 Å². The van der Waals surface area contributed by atoms with Crippen molar-refractivity contribution < 1.29 is 9.18 Å². The standard InChI is InChI=1S/C15H12FN5O2/c1-9-6-11(4-5-17-9)19-15(23)12-7-14(22)21(20-12)13-3-2-10(16)8-18-13/h2-8,20H,1H3,(H,17,19,23). The van der Waals surface area contributed by atoms with Crippen LogP contribution in [0.3, 0.4) is 0 Å². The van der Waals surface area contributed by atoms with Crippen LogP contribution in [0, 0.1) is 12.7 Å². The highest BCUT2D eigenvalue weighted by Gasteiger charge is 2.13. The Labute approximate surface area is 129 Å². The van der Waals surface area contributed by atoms with E-state index in [2.05, 4.69) is 20.4 Å². The van der Waals surface area contributed by atoms with Crippen LogP contribution in [0.1, 0.15) is 16.2 Å². The van der Waals surface area contributed by atoms with Crippen molar-refractivity contribution in [3.8, 4) is 5.82 Å². The maximum absolute atomic E-state index is 12.9. The predicted molar refractivity (Wildman–Crippen MR) is 81.1 cm³/mol. The highest BCUT2D eigenvalue weighted by molar-refractivity contribution is 6.02. The third kappa shape index (κ3) is 3.15. The third-order valence-electron chi connectivity index (χ3n) is 3.06. The van der Waals surface area contributed by atoms with Gasteiger partial charge in [0.15, 0.2) is 5.82 Å². The van der Waals surface area contributed by atoms with Crippen LogP contribution in [0.25, 0.3) is 5.82 Å². The quantitative estimate of drug-likeness (QED) is 0.769. The number of carbonyl (C=O) groups is 1. The van der Waals surface area contributed by atoms with Crippen LogP contribution in [0.4, 0.5) is 10.1 Å². The summed E-state index contributed by atoms with van der Waals surface area (Å²) in [4.78, 5) is 32.0. The Hall–Kier alpha value is -3.29. The minimum atomic E-state index is -0.514. The molecule has 3 aromatic rings. The summed E-state index contributed by atoms with van der Waals surface area (Å²) in [5.74, 6) is -0.803. The summed E-state index contributed by atoms with van der Waals surface area (Å²) in [6.45, 7) is 1.80. The Morgan fingerprint density at radius 3 is 2.78 bits per heavy atom. The van der Waals surface area contributed by atoms with E-state index in [1.165, 1.54) is 12.1 Å². The van der Waals surface area contributed by atoms with Crippen LogP contribution >= 0.6 is 0 Å². The van der Waals surface area contributed by atoms with Gasteiger partial charge in [0.25, 0.3) is 11.5 Å². The minimum absolute atomic E-state index is 0.0654. The van der Waals surface area contributed by atoms with Crippen LogP contribution in [-0.2, 0) is 0 Å². The van der Waals surface area contributed by atoms with Crippen molar-refractivity contribution in [2.24, 2.45) is 0 Å². The van der Waals surface area contributed by atoms with Crippen molar-refractivity contribution in [1.29, 1.82) is 0 Å². The van der Waals surface area contributed by atoms with Crippen molar-refractivity contribution >= 4 is 11.6 Å². The fourth-order valence-corrected chi connectivity index (χ4v) is 2.00.